The summed E-state index contributed by atoms with van der Waals surface area (Å²) in [6, 6.07) is 18.7. The smallest absolute Gasteiger partial charge is 0.271 e. The van der Waals surface area contributed by atoms with E-state index in [1.807, 2.05) is 31.2 Å². The molecule has 1 amide bonds. The van der Waals surface area contributed by atoms with Crippen LogP contribution in [-0.2, 0) is 6.61 Å². The second-order valence-electron chi connectivity index (χ2n) is 6.12. The van der Waals surface area contributed by atoms with Crippen molar-refractivity contribution in [2.24, 2.45) is 5.10 Å². The molecule has 0 aromatic heterocycles. The molecule has 0 heterocycles. The molecular weight excluding hydrogens is 379 g/mol. The molecule has 0 atom stereocenters. The molecule has 0 spiro atoms. The summed E-state index contributed by atoms with van der Waals surface area (Å²) in [6.45, 7) is 2.00. The van der Waals surface area contributed by atoms with E-state index < -0.39 is 5.82 Å². The van der Waals surface area contributed by atoms with Gasteiger partial charge in [-0.25, -0.2) is 9.82 Å². The number of benzene rings is 3. The lowest BCUT2D eigenvalue weighted by molar-refractivity contribution is 0.0955. The Labute approximate surface area is 167 Å². The number of carbonyl (C=O) groups is 1. The van der Waals surface area contributed by atoms with Crippen molar-refractivity contribution in [1.82, 2.24) is 5.43 Å². The summed E-state index contributed by atoms with van der Waals surface area (Å²) in [6.07, 6.45) is 1.58. The number of hydrogen-bond donors (Lipinski definition) is 1. The van der Waals surface area contributed by atoms with Crippen LogP contribution in [0.2, 0.25) is 5.02 Å². The van der Waals surface area contributed by atoms with Crippen LogP contribution >= 0.6 is 11.6 Å². The van der Waals surface area contributed by atoms with Crippen molar-refractivity contribution in [2.75, 3.05) is 0 Å². The molecule has 6 heteroatoms. The highest BCUT2D eigenvalue weighted by molar-refractivity contribution is 6.31. The van der Waals surface area contributed by atoms with Gasteiger partial charge in [0.1, 0.15) is 18.2 Å². The minimum atomic E-state index is -0.421. The van der Waals surface area contributed by atoms with Crippen molar-refractivity contribution in [1.29, 1.82) is 0 Å². The van der Waals surface area contributed by atoms with Gasteiger partial charge in [-0.05, 0) is 48.9 Å². The van der Waals surface area contributed by atoms with E-state index in [2.05, 4.69) is 10.5 Å². The van der Waals surface area contributed by atoms with Crippen molar-refractivity contribution >= 4 is 23.7 Å². The quantitative estimate of drug-likeness (QED) is 0.464. The van der Waals surface area contributed by atoms with Gasteiger partial charge >= 0.3 is 0 Å². The fourth-order valence-electron chi connectivity index (χ4n) is 2.41. The van der Waals surface area contributed by atoms with Crippen molar-refractivity contribution < 1.29 is 13.9 Å². The molecule has 4 nitrogen and oxygen atoms in total. The van der Waals surface area contributed by atoms with Gasteiger partial charge in [-0.15, -0.1) is 0 Å². The maximum atomic E-state index is 13.8. The molecule has 0 saturated carbocycles. The first-order valence-corrected chi connectivity index (χ1v) is 8.96. The molecule has 0 bridgehead atoms. The van der Waals surface area contributed by atoms with Crippen LogP contribution < -0.4 is 10.2 Å². The van der Waals surface area contributed by atoms with E-state index in [9.17, 15) is 9.18 Å². The number of halogens is 2. The van der Waals surface area contributed by atoms with Gasteiger partial charge in [-0.1, -0.05) is 47.5 Å². The molecule has 0 fully saturated rings. The van der Waals surface area contributed by atoms with Crippen LogP contribution in [0.4, 0.5) is 4.39 Å². The lowest BCUT2D eigenvalue weighted by Gasteiger charge is -2.09. The van der Waals surface area contributed by atoms with E-state index in [4.69, 9.17) is 16.3 Å². The lowest BCUT2D eigenvalue weighted by atomic mass is 10.2. The molecule has 0 aliphatic heterocycles. The standard InChI is InChI=1S/C22H18ClFN2O2/c1-15-5-7-16(8-6-15)13-25-26-22(27)17-9-11-18(12-10-17)28-14-19-20(23)3-2-4-21(19)24/h2-13H,14H2,1H3,(H,26,27)/b25-13+. The highest BCUT2D eigenvalue weighted by atomic mass is 35.5. The second-order valence-corrected chi connectivity index (χ2v) is 6.53. The highest BCUT2D eigenvalue weighted by Crippen LogP contribution is 2.21. The highest BCUT2D eigenvalue weighted by Gasteiger charge is 2.08. The molecule has 3 rings (SSSR count). The average Bonchev–Trinajstić information content (AvgIpc) is 2.69. The third-order valence-electron chi connectivity index (χ3n) is 4.02. The Kier molecular flexibility index (Phi) is 6.40. The van der Waals surface area contributed by atoms with Crippen LogP contribution in [0.3, 0.4) is 0 Å². The molecule has 0 aliphatic carbocycles. The summed E-state index contributed by atoms with van der Waals surface area (Å²) in [5.74, 6) is -0.263. The summed E-state index contributed by atoms with van der Waals surface area (Å²) in [4.78, 5) is 12.1. The number of aryl methyl sites for hydroxylation is 1. The molecule has 0 unspecified atom stereocenters. The minimum Gasteiger partial charge on any atom is -0.489 e. The van der Waals surface area contributed by atoms with Crippen LogP contribution in [0.5, 0.6) is 5.75 Å². The lowest BCUT2D eigenvalue weighted by Crippen LogP contribution is -2.17. The number of hydrogen-bond acceptors (Lipinski definition) is 3. The zero-order valence-corrected chi connectivity index (χ0v) is 15.9. The summed E-state index contributed by atoms with van der Waals surface area (Å²) < 4.78 is 19.3. The van der Waals surface area contributed by atoms with Gasteiger partial charge in [-0.2, -0.15) is 5.10 Å². The SMILES string of the molecule is Cc1ccc(/C=N/NC(=O)c2ccc(OCc3c(F)cccc3Cl)cc2)cc1. The van der Waals surface area contributed by atoms with Gasteiger partial charge in [-0.3, -0.25) is 4.79 Å². The van der Waals surface area contributed by atoms with Crippen molar-refractivity contribution in [3.63, 3.8) is 0 Å². The first-order chi connectivity index (χ1) is 13.5. The fourth-order valence-corrected chi connectivity index (χ4v) is 2.63. The largest absolute Gasteiger partial charge is 0.489 e. The number of nitrogens with zero attached hydrogens (tertiary/aromatic N) is 1. The Balaban J connectivity index is 1.56. The van der Waals surface area contributed by atoms with Gasteiger partial charge in [0.25, 0.3) is 5.91 Å². The van der Waals surface area contributed by atoms with E-state index in [0.29, 0.717) is 16.3 Å². The third kappa shape index (κ3) is 5.18. The summed E-state index contributed by atoms with van der Waals surface area (Å²) in [5, 5.41) is 4.26. The van der Waals surface area contributed by atoms with E-state index in [1.165, 1.54) is 12.1 Å². The number of carbonyl (C=O) groups excluding carboxylic acids is 1. The third-order valence-corrected chi connectivity index (χ3v) is 4.37. The molecule has 3 aromatic carbocycles. The van der Waals surface area contributed by atoms with Gasteiger partial charge in [0, 0.05) is 11.1 Å². The molecule has 1 N–H and O–H groups in total. The molecule has 0 aliphatic rings. The van der Waals surface area contributed by atoms with Crippen molar-refractivity contribution in [3.8, 4) is 5.75 Å². The van der Waals surface area contributed by atoms with E-state index in [1.54, 1.807) is 36.5 Å². The predicted octanol–water partition coefficient (Wildman–Crippen LogP) is 5.13. The van der Waals surface area contributed by atoms with Gasteiger partial charge in [0.15, 0.2) is 0 Å². The Morgan fingerprint density at radius 1 is 1.11 bits per heavy atom. The van der Waals surface area contributed by atoms with Gasteiger partial charge < -0.3 is 4.74 Å². The normalized spacial score (nSPS) is 10.8. The van der Waals surface area contributed by atoms with Crippen LogP contribution in [0.25, 0.3) is 0 Å². The second kappa shape index (κ2) is 9.15. The number of rotatable bonds is 6. The Bertz CT molecular complexity index is 966. The van der Waals surface area contributed by atoms with Crippen LogP contribution in [0, 0.1) is 12.7 Å². The topological polar surface area (TPSA) is 50.7 Å². The fraction of sp³-hybridized carbons (Fsp3) is 0.0909. The zero-order valence-electron chi connectivity index (χ0n) is 15.2. The van der Waals surface area contributed by atoms with Gasteiger partial charge in [0.05, 0.1) is 11.2 Å². The van der Waals surface area contributed by atoms with Crippen molar-refractivity contribution in [2.45, 2.75) is 13.5 Å². The minimum absolute atomic E-state index is 0.00209. The average molecular weight is 397 g/mol. The number of nitrogens with one attached hydrogen (secondary N) is 1. The number of ether oxygens (including phenoxy) is 1. The number of hydrazone groups is 1. The predicted molar refractivity (Wildman–Crippen MR) is 108 cm³/mol. The molecule has 3 aromatic rings. The first kappa shape index (κ1) is 19.6. The maximum Gasteiger partial charge on any atom is 0.271 e. The molecule has 142 valence electrons. The van der Waals surface area contributed by atoms with Crippen LogP contribution in [-0.4, -0.2) is 12.1 Å². The Hall–Kier alpha value is -3.18. The van der Waals surface area contributed by atoms with E-state index in [0.717, 1.165) is 11.1 Å². The summed E-state index contributed by atoms with van der Waals surface area (Å²) in [7, 11) is 0. The Morgan fingerprint density at radius 2 is 1.82 bits per heavy atom. The van der Waals surface area contributed by atoms with E-state index >= 15 is 0 Å². The zero-order chi connectivity index (χ0) is 19.9. The molecule has 28 heavy (non-hydrogen) atoms. The maximum absolute atomic E-state index is 13.8. The monoisotopic (exact) mass is 396 g/mol. The van der Waals surface area contributed by atoms with Crippen LogP contribution in [0.1, 0.15) is 27.0 Å². The van der Waals surface area contributed by atoms with Gasteiger partial charge in [0.2, 0.25) is 0 Å². The number of amides is 1. The van der Waals surface area contributed by atoms with E-state index in [-0.39, 0.29) is 18.1 Å². The van der Waals surface area contributed by atoms with Crippen LogP contribution in [0.15, 0.2) is 71.8 Å². The molecular formula is C22H18ClFN2O2. The Morgan fingerprint density at radius 3 is 2.50 bits per heavy atom. The molecule has 0 saturated heterocycles. The summed E-state index contributed by atoms with van der Waals surface area (Å²) >= 11 is 5.98. The summed E-state index contributed by atoms with van der Waals surface area (Å²) in [5.41, 5.74) is 5.24. The van der Waals surface area contributed by atoms with Crippen molar-refractivity contribution in [3.05, 3.63) is 99.8 Å². The molecule has 0 radical (unpaired) electrons. The first-order valence-electron chi connectivity index (χ1n) is 8.59.